The molecule has 0 saturated heterocycles. The van der Waals surface area contributed by atoms with Crippen molar-refractivity contribution in [1.29, 1.82) is 10.5 Å². The zero-order chi connectivity index (χ0) is 20.0. The van der Waals surface area contributed by atoms with Gasteiger partial charge in [-0.25, -0.2) is 4.79 Å². The van der Waals surface area contributed by atoms with Gasteiger partial charge in [0.1, 0.15) is 22.8 Å². The van der Waals surface area contributed by atoms with Gasteiger partial charge in [-0.2, -0.15) is 10.5 Å². The van der Waals surface area contributed by atoms with Crippen LogP contribution in [0.25, 0.3) is 6.08 Å². The summed E-state index contributed by atoms with van der Waals surface area (Å²) < 4.78 is 4.98. The third kappa shape index (κ3) is 4.60. The first-order valence-electron chi connectivity index (χ1n) is 8.04. The van der Waals surface area contributed by atoms with E-state index in [9.17, 15) is 25.2 Å². The second kappa shape index (κ2) is 8.79. The number of benzene rings is 1. The van der Waals surface area contributed by atoms with Gasteiger partial charge in [-0.3, -0.25) is 4.79 Å². The number of rotatable bonds is 6. The largest absolute Gasteiger partial charge is 0.508 e. The Morgan fingerprint density at radius 2 is 2.07 bits per heavy atom. The molecule has 1 aromatic carbocycles. The highest BCUT2D eigenvalue weighted by Gasteiger charge is 2.23. The van der Waals surface area contributed by atoms with Gasteiger partial charge in [0.25, 0.3) is 0 Å². The van der Waals surface area contributed by atoms with Crippen molar-refractivity contribution in [2.45, 2.75) is 20.3 Å². The van der Waals surface area contributed by atoms with Gasteiger partial charge < -0.3 is 9.84 Å². The Kier molecular flexibility index (Phi) is 6.48. The lowest BCUT2D eigenvalue weighted by atomic mass is 10.0. The van der Waals surface area contributed by atoms with Gasteiger partial charge in [0, 0.05) is 11.3 Å². The maximum atomic E-state index is 12.5. The van der Waals surface area contributed by atoms with E-state index < -0.39 is 11.8 Å². The molecule has 136 valence electrons. The Morgan fingerprint density at radius 3 is 2.67 bits per heavy atom. The van der Waals surface area contributed by atoms with Crippen LogP contribution in [0, 0.1) is 29.6 Å². The molecular weight excluding hydrogens is 364 g/mol. The van der Waals surface area contributed by atoms with Gasteiger partial charge >= 0.3 is 5.97 Å². The van der Waals surface area contributed by atoms with Crippen LogP contribution in [0.15, 0.2) is 29.8 Å². The van der Waals surface area contributed by atoms with Crippen LogP contribution in [0.5, 0.6) is 5.75 Å². The molecule has 0 unspecified atom stereocenters. The van der Waals surface area contributed by atoms with E-state index >= 15 is 0 Å². The normalized spacial score (nSPS) is 10.7. The number of ether oxygens (including phenoxy) is 1. The molecule has 0 atom stereocenters. The lowest BCUT2D eigenvalue weighted by molar-refractivity contribution is -0.114. The molecule has 1 aromatic heterocycles. The number of carbonyl (C=O) groups excluding carboxylic acids is 2. The number of allylic oxidation sites excluding steroid dienone is 1. The lowest BCUT2D eigenvalue weighted by Crippen LogP contribution is -2.05. The summed E-state index contributed by atoms with van der Waals surface area (Å²) in [5.41, 5.74) is 1.13. The third-order valence-corrected chi connectivity index (χ3v) is 4.99. The molecule has 1 N–H and O–H groups in total. The number of Topliss-reactive ketones (excluding diaryl/α,β-unsaturated/α-hetero) is 1. The summed E-state index contributed by atoms with van der Waals surface area (Å²) in [5, 5.41) is 28.2. The van der Waals surface area contributed by atoms with Crippen molar-refractivity contribution < 1.29 is 19.4 Å². The monoisotopic (exact) mass is 380 g/mol. The first kappa shape index (κ1) is 19.9. The Bertz CT molecular complexity index is 1010. The Morgan fingerprint density at radius 1 is 1.33 bits per heavy atom. The van der Waals surface area contributed by atoms with Crippen LogP contribution in [0.2, 0.25) is 0 Å². The van der Waals surface area contributed by atoms with Crippen LogP contribution >= 0.6 is 11.3 Å². The highest BCUT2D eigenvalue weighted by molar-refractivity contribution is 7.14. The average Bonchev–Trinajstić information content (AvgIpc) is 2.95. The van der Waals surface area contributed by atoms with Gasteiger partial charge in [-0.1, -0.05) is 12.1 Å². The van der Waals surface area contributed by atoms with Crippen molar-refractivity contribution in [3.8, 4) is 17.9 Å². The highest BCUT2D eigenvalue weighted by atomic mass is 32.1. The Labute approximate surface area is 160 Å². The smallest absolute Gasteiger partial charge is 0.348 e. The number of carbonyl (C=O) groups is 2. The van der Waals surface area contributed by atoms with E-state index in [0.717, 1.165) is 11.3 Å². The molecule has 6 nitrogen and oxygen atoms in total. The molecule has 2 rings (SSSR count). The van der Waals surface area contributed by atoms with E-state index in [0.29, 0.717) is 16.0 Å². The number of ketones is 1. The van der Waals surface area contributed by atoms with Gasteiger partial charge in [-0.15, -0.1) is 11.3 Å². The number of nitrogens with zero attached hydrogens (tertiary/aromatic N) is 2. The van der Waals surface area contributed by atoms with Crippen LogP contribution in [0.4, 0.5) is 0 Å². The van der Waals surface area contributed by atoms with Crippen molar-refractivity contribution in [2.24, 2.45) is 0 Å². The fourth-order valence-corrected chi connectivity index (χ4v) is 3.58. The Balaban J connectivity index is 2.34. The average molecular weight is 380 g/mol. The van der Waals surface area contributed by atoms with Gasteiger partial charge in [-0.05, 0) is 43.2 Å². The van der Waals surface area contributed by atoms with Crippen LogP contribution in [0.1, 0.15) is 38.2 Å². The number of aromatic hydroxyl groups is 1. The number of thiophene rings is 1. The molecule has 0 fully saturated rings. The fraction of sp³-hybridized carbons (Fsp3) is 0.200. The minimum atomic E-state index is -0.536. The zero-order valence-corrected chi connectivity index (χ0v) is 15.6. The summed E-state index contributed by atoms with van der Waals surface area (Å²) in [6.45, 7) is 3.52. The number of phenolic OH excluding ortho intramolecular Hbond substituents is 1. The molecule has 0 saturated carbocycles. The van der Waals surface area contributed by atoms with Crippen molar-refractivity contribution in [2.75, 3.05) is 6.61 Å². The van der Waals surface area contributed by atoms with Crippen LogP contribution in [-0.2, 0) is 16.0 Å². The molecule has 0 amide bonds. The molecule has 0 aliphatic heterocycles. The van der Waals surface area contributed by atoms with Gasteiger partial charge in [0.05, 0.1) is 17.7 Å². The number of nitriles is 2. The topological polar surface area (TPSA) is 111 Å². The van der Waals surface area contributed by atoms with Crippen LogP contribution in [0.3, 0.4) is 0 Å². The molecule has 1 heterocycles. The molecule has 2 aromatic rings. The van der Waals surface area contributed by atoms with Crippen molar-refractivity contribution in [3.05, 3.63) is 56.3 Å². The quantitative estimate of drug-likeness (QED) is 0.466. The van der Waals surface area contributed by atoms with E-state index in [-0.39, 0.29) is 34.8 Å². The minimum Gasteiger partial charge on any atom is -0.508 e. The van der Waals surface area contributed by atoms with E-state index in [2.05, 4.69) is 0 Å². The molecule has 0 bridgehead atoms. The zero-order valence-electron chi connectivity index (χ0n) is 14.8. The molecular formula is C20H16N2O4S. The highest BCUT2D eigenvalue weighted by Crippen LogP contribution is 2.29. The number of hydrogen-bond acceptors (Lipinski definition) is 7. The van der Waals surface area contributed by atoms with Gasteiger partial charge in [0.15, 0.2) is 5.78 Å². The Hall–Kier alpha value is -3.42. The molecule has 0 spiro atoms. The summed E-state index contributed by atoms with van der Waals surface area (Å²) in [5.74, 6) is -0.992. The standard InChI is InChI=1S/C20H16N2O4S/c1-3-26-20(25)19-12(2)16(11-22)18(27-19)9-17(24)14(10-21)7-13-5-4-6-15(23)8-13/h4-8,23H,3,9H2,1-2H3/b14-7+. The lowest BCUT2D eigenvalue weighted by Gasteiger charge is -2.00. The van der Waals surface area contributed by atoms with E-state index in [4.69, 9.17) is 4.74 Å². The molecule has 0 aliphatic carbocycles. The predicted molar refractivity (Wildman–Crippen MR) is 100 cm³/mol. The summed E-state index contributed by atoms with van der Waals surface area (Å²) >= 11 is 1.03. The first-order chi connectivity index (χ1) is 12.9. The maximum Gasteiger partial charge on any atom is 0.348 e. The van der Waals surface area contributed by atoms with E-state index in [1.54, 1.807) is 26.0 Å². The third-order valence-electron chi connectivity index (χ3n) is 3.72. The second-order valence-electron chi connectivity index (χ2n) is 5.55. The van der Waals surface area contributed by atoms with Crippen LogP contribution in [-0.4, -0.2) is 23.5 Å². The summed E-state index contributed by atoms with van der Waals surface area (Å²) in [6, 6.07) is 10.0. The van der Waals surface area contributed by atoms with Crippen molar-refractivity contribution in [1.82, 2.24) is 0 Å². The molecule has 0 radical (unpaired) electrons. The number of phenols is 1. The molecule has 7 heteroatoms. The summed E-state index contributed by atoms with van der Waals surface area (Å²) in [6.07, 6.45) is 1.20. The van der Waals surface area contributed by atoms with E-state index in [1.165, 1.54) is 18.2 Å². The van der Waals surface area contributed by atoms with Gasteiger partial charge in [0.2, 0.25) is 0 Å². The fourth-order valence-electron chi connectivity index (χ4n) is 2.43. The second-order valence-corrected chi connectivity index (χ2v) is 6.66. The summed E-state index contributed by atoms with van der Waals surface area (Å²) in [7, 11) is 0. The van der Waals surface area contributed by atoms with Crippen molar-refractivity contribution >= 4 is 29.2 Å². The maximum absolute atomic E-state index is 12.5. The number of esters is 1. The first-order valence-corrected chi connectivity index (χ1v) is 8.86. The molecule has 27 heavy (non-hydrogen) atoms. The molecule has 0 aliphatic rings. The van der Waals surface area contributed by atoms with E-state index in [1.807, 2.05) is 12.1 Å². The van der Waals surface area contributed by atoms with Crippen molar-refractivity contribution in [3.63, 3.8) is 0 Å². The minimum absolute atomic E-state index is 0.0215. The predicted octanol–water partition coefficient (Wildman–Crippen LogP) is 3.53. The SMILES string of the molecule is CCOC(=O)c1sc(CC(=O)/C(C#N)=C/c2cccc(O)c2)c(C#N)c1C. The summed E-state index contributed by atoms with van der Waals surface area (Å²) in [4.78, 5) is 25.2. The van der Waals surface area contributed by atoms with Crippen LogP contribution < -0.4 is 0 Å². The number of hydrogen-bond donors (Lipinski definition) is 1.